The molecule has 0 saturated heterocycles. The minimum absolute atomic E-state index is 0.0153. The fourth-order valence-electron chi connectivity index (χ4n) is 3.33. The summed E-state index contributed by atoms with van der Waals surface area (Å²) in [6, 6.07) is 0.241. The van der Waals surface area contributed by atoms with E-state index in [1.807, 2.05) is 0 Å². The molecule has 0 heterocycles. The topological polar surface area (TPSA) is 78.4 Å². The summed E-state index contributed by atoms with van der Waals surface area (Å²) in [5.41, 5.74) is 0. The van der Waals surface area contributed by atoms with Crippen molar-refractivity contribution in [3.63, 3.8) is 0 Å². The molecule has 2 aliphatic carbocycles. The molecule has 0 aromatic carbocycles. The molecule has 0 aliphatic heterocycles. The van der Waals surface area contributed by atoms with Crippen LogP contribution in [0.25, 0.3) is 0 Å². The van der Waals surface area contributed by atoms with E-state index in [4.69, 9.17) is 5.11 Å². The van der Waals surface area contributed by atoms with E-state index in [-0.39, 0.29) is 36.3 Å². The summed E-state index contributed by atoms with van der Waals surface area (Å²) in [5, 5.41) is 14.6. The smallest absolute Gasteiger partial charge is 0.223 e. The van der Waals surface area contributed by atoms with Gasteiger partial charge < -0.3 is 15.7 Å². The molecule has 2 amide bonds. The van der Waals surface area contributed by atoms with Crippen LogP contribution in [-0.4, -0.2) is 36.1 Å². The van der Waals surface area contributed by atoms with E-state index < -0.39 is 0 Å². The molecule has 0 spiro atoms. The maximum atomic E-state index is 12.1. The number of hydrogen-bond donors (Lipinski definition) is 3. The van der Waals surface area contributed by atoms with Crippen LogP contribution in [0.4, 0.5) is 0 Å². The van der Waals surface area contributed by atoms with Crippen molar-refractivity contribution in [2.75, 3.05) is 13.2 Å². The van der Waals surface area contributed by atoms with E-state index in [1.165, 1.54) is 12.8 Å². The van der Waals surface area contributed by atoms with Gasteiger partial charge in [-0.2, -0.15) is 0 Å². The Labute approximate surface area is 120 Å². The number of carbonyl (C=O) groups excluding carboxylic acids is 2. The second kappa shape index (κ2) is 7.62. The zero-order valence-electron chi connectivity index (χ0n) is 12.1. The number of carbonyl (C=O) groups is 2. The largest absolute Gasteiger partial charge is 0.395 e. The Morgan fingerprint density at radius 3 is 2.10 bits per heavy atom. The van der Waals surface area contributed by atoms with Crippen LogP contribution in [0.1, 0.15) is 51.4 Å². The zero-order chi connectivity index (χ0) is 14.4. The summed E-state index contributed by atoms with van der Waals surface area (Å²) in [6.45, 7) is 0.315. The Morgan fingerprint density at radius 2 is 1.50 bits per heavy atom. The lowest BCUT2D eigenvalue weighted by molar-refractivity contribution is -0.126. The van der Waals surface area contributed by atoms with Crippen molar-refractivity contribution in [3.8, 4) is 0 Å². The van der Waals surface area contributed by atoms with Crippen LogP contribution in [-0.2, 0) is 9.59 Å². The van der Waals surface area contributed by atoms with E-state index in [9.17, 15) is 9.59 Å². The van der Waals surface area contributed by atoms with Gasteiger partial charge in [0, 0.05) is 24.4 Å². The van der Waals surface area contributed by atoms with Gasteiger partial charge in [0.2, 0.25) is 11.8 Å². The van der Waals surface area contributed by atoms with Crippen LogP contribution in [0, 0.1) is 11.8 Å². The lowest BCUT2D eigenvalue weighted by Crippen LogP contribution is -2.42. The standard InChI is InChI=1S/C15H26N2O3/c18-10-9-16-14(19)12-5-7-13(8-6-12)17-15(20)11-3-1-2-4-11/h11-13,18H,1-10H2,(H,16,19)(H,17,20). The average Bonchev–Trinajstić information content (AvgIpc) is 3.00. The van der Waals surface area contributed by atoms with Crippen molar-refractivity contribution in [1.82, 2.24) is 10.6 Å². The fourth-order valence-corrected chi connectivity index (χ4v) is 3.33. The summed E-state index contributed by atoms with van der Waals surface area (Å²) in [4.78, 5) is 23.8. The number of nitrogens with one attached hydrogen (secondary N) is 2. The van der Waals surface area contributed by atoms with Gasteiger partial charge in [-0.15, -0.1) is 0 Å². The first kappa shape index (κ1) is 15.3. The minimum Gasteiger partial charge on any atom is -0.395 e. The minimum atomic E-state index is -0.0153. The zero-order valence-corrected chi connectivity index (χ0v) is 12.1. The Hall–Kier alpha value is -1.10. The van der Waals surface area contributed by atoms with Crippen molar-refractivity contribution in [3.05, 3.63) is 0 Å². The molecule has 114 valence electrons. The van der Waals surface area contributed by atoms with Gasteiger partial charge in [0.25, 0.3) is 0 Å². The van der Waals surface area contributed by atoms with Gasteiger partial charge in [-0.05, 0) is 38.5 Å². The first-order chi connectivity index (χ1) is 9.70. The summed E-state index contributed by atoms with van der Waals surface area (Å²) >= 11 is 0. The monoisotopic (exact) mass is 282 g/mol. The van der Waals surface area contributed by atoms with E-state index in [1.54, 1.807) is 0 Å². The normalized spacial score (nSPS) is 27.2. The van der Waals surface area contributed by atoms with Crippen LogP contribution in [0.2, 0.25) is 0 Å². The highest BCUT2D eigenvalue weighted by atomic mass is 16.3. The van der Waals surface area contributed by atoms with Gasteiger partial charge in [0.15, 0.2) is 0 Å². The molecule has 2 fully saturated rings. The maximum Gasteiger partial charge on any atom is 0.223 e. The lowest BCUT2D eigenvalue weighted by atomic mass is 9.85. The van der Waals surface area contributed by atoms with E-state index in [0.29, 0.717) is 6.54 Å². The summed E-state index contributed by atoms with van der Waals surface area (Å²) in [5.74, 6) is 0.525. The molecule has 20 heavy (non-hydrogen) atoms. The van der Waals surface area contributed by atoms with Crippen molar-refractivity contribution in [2.45, 2.75) is 57.4 Å². The molecular weight excluding hydrogens is 256 g/mol. The second-order valence-corrected chi connectivity index (χ2v) is 6.05. The van der Waals surface area contributed by atoms with Crippen LogP contribution in [0.15, 0.2) is 0 Å². The second-order valence-electron chi connectivity index (χ2n) is 6.05. The molecule has 2 rings (SSSR count). The highest BCUT2D eigenvalue weighted by Crippen LogP contribution is 2.27. The Bertz CT molecular complexity index is 332. The fraction of sp³-hybridized carbons (Fsp3) is 0.867. The van der Waals surface area contributed by atoms with Crippen LogP contribution >= 0.6 is 0 Å². The molecule has 0 radical (unpaired) electrons. The van der Waals surface area contributed by atoms with Gasteiger partial charge in [-0.25, -0.2) is 0 Å². The molecule has 0 aromatic rings. The highest BCUT2D eigenvalue weighted by Gasteiger charge is 2.29. The average molecular weight is 282 g/mol. The molecule has 5 nitrogen and oxygen atoms in total. The van der Waals surface area contributed by atoms with E-state index in [2.05, 4.69) is 10.6 Å². The van der Waals surface area contributed by atoms with Crippen molar-refractivity contribution in [2.24, 2.45) is 11.8 Å². The number of aliphatic hydroxyl groups excluding tert-OH is 1. The first-order valence-electron chi connectivity index (χ1n) is 7.89. The summed E-state index contributed by atoms with van der Waals surface area (Å²) in [6.07, 6.45) is 7.84. The van der Waals surface area contributed by atoms with Crippen molar-refractivity contribution in [1.29, 1.82) is 0 Å². The molecule has 0 unspecified atom stereocenters. The van der Waals surface area contributed by atoms with Crippen LogP contribution in [0.5, 0.6) is 0 Å². The molecule has 0 aromatic heterocycles. The van der Waals surface area contributed by atoms with Crippen molar-refractivity contribution < 1.29 is 14.7 Å². The molecule has 2 aliphatic rings. The van der Waals surface area contributed by atoms with Gasteiger partial charge in [0.05, 0.1) is 6.61 Å². The number of amides is 2. The van der Waals surface area contributed by atoms with Crippen molar-refractivity contribution >= 4 is 11.8 Å². The predicted octanol–water partition coefficient (Wildman–Crippen LogP) is 0.960. The Kier molecular flexibility index (Phi) is 5.83. The van der Waals surface area contributed by atoms with Crippen LogP contribution in [0.3, 0.4) is 0 Å². The molecule has 2 saturated carbocycles. The Morgan fingerprint density at radius 1 is 0.900 bits per heavy atom. The van der Waals surface area contributed by atoms with Gasteiger partial charge in [0.1, 0.15) is 0 Å². The predicted molar refractivity (Wildman–Crippen MR) is 75.9 cm³/mol. The molecular formula is C15H26N2O3. The third-order valence-corrected chi connectivity index (χ3v) is 4.58. The summed E-state index contributed by atoms with van der Waals surface area (Å²) in [7, 11) is 0. The van der Waals surface area contributed by atoms with E-state index >= 15 is 0 Å². The third kappa shape index (κ3) is 4.20. The molecule has 0 bridgehead atoms. The number of aliphatic hydroxyl groups is 1. The summed E-state index contributed by atoms with van der Waals surface area (Å²) < 4.78 is 0. The van der Waals surface area contributed by atoms with Crippen LogP contribution < -0.4 is 10.6 Å². The SMILES string of the molecule is O=C(NCCO)C1CCC(NC(=O)C2CCCC2)CC1. The van der Waals surface area contributed by atoms with Gasteiger partial charge in [-0.3, -0.25) is 9.59 Å². The Balaban J connectivity index is 1.68. The molecule has 5 heteroatoms. The highest BCUT2D eigenvalue weighted by molar-refractivity contribution is 5.80. The number of hydrogen-bond acceptors (Lipinski definition) is 3. The molecule has 0 atom stereocenters. The first-order valence-corrected chi connectivity index (χ1v) is 7.89. The third-order valence-electron chi connectivity index (χ3n) is 4.58. The maximum absolute atomic E-state index is 12.1. The lowest BCUT2D eigenvalue weighted by Gasteiger charge is -2.29. The van der Waals surface area contributed by atoms with Gasteiger partial charge in [-0.1, -0.05) is 12.8 Å². The van der Waals surface area contributed by atoms with E-state index in [0.717, 1.165) is 38.5 Å². The number of rotatable bonds is 5. The molecule has 3 N–H and O–H groups in total. The quantitative estimate of drug-likeness (QED) is 0.703. The van der Waals surface area contributed by atoms with Gasteiger partial charge >= 0.3 is 0 Å².